The van der Waals surface area contributed by atoms with E-state index in [4.69, 9.17) is 16.3 Å². The van der Waals surface area contributed by atoms with Crippen LogP contribution in [-0.4, -0.2) is 30.4 Å². The first kappa shape index (κ1) is 15.2. The molecule has 1 amide bonds. The molecule has 0 N–H and O–H groups in total. The van der Waals surface area contributed by atoms with E-state index in [0.29, 0.717) is 29.5 Å². The maximum absolute atomic E-state index is 12.1. The second-order valence-corrected chi connectivity index (χ2v) is 6.33. The van der Waals surface area contributed by atoms with Gasteiger partial charge in [-0.25, -0.2) is 0 Å². The molecule has 1 atom stereocenters. The molecule has 20 heavy (non-hydrogen) atoms. The quantitative estimate of drug-likeness (QED) is 0.857. The van der Waals surface area contributed by atoms with Gasteiger partial charge in [0.05, 0.1) is 12.8 Å². The number of nitrogens with zero attached hydrogens (tertiary/aromatic N) is 1. The van der Waals surface area contributed by atoms with Crippen molar-refractivity contribution in [2.24, 2.45) is 5.92 Å². The predicted octanol–water partition coefficient (Wildman–Crippen LogP) is 2.98. The minimum atomic E-state index is 0.0553. The van der Waals surface area contributed by atoms with Gasteiger partial charge in [0.15, 0.2) is 5.12 Å². The van der Waals surface area contributed by atoms with E-state index in [1.807, 2.05) is 0 Å². The molecule has 1 aromatic rings. The summed E-state index contributed by atoms with van der Waals surface area (Å²) >= 11 is 7.20. The van der Waals surface area contributed by atoms with Crippen molar-refractivity contribution in [3.05, 3.63) is 23.2 Å². The first-order valence-electron chi connectivity index (χ1n) is 6.28. The zero-order valence-corrected chi connectivity index (χ0v) is 13.0. The van der Waals surface area contributed by atoms with Crippen molar-refractivity contribution in [2.75, 3.05) is 24.3 Å². The van der Waals surface area contributed by atoms with E-state index >= 15 is 0 Å². The van der Waals surface area contributed by atoms with E-state index < -0.39 is 0 Å². The predicted molar refractivity (Wildman–Crippen MR) is 81.6 cm³/mol. The lowest BCUT2D eigenvalue weighted by Gasteiger charge is -2.19. The Labute approximate surface area is 127 Å². The number of thioether (sulfide) groups is 1. The van der Waals surface area contributed by atoms with Gasteiger partial charge in [0.25, 0.3) is 0 Å². The third-order valence-electron chi connectivity index (χ3n) is 3.16. The Bertz CT molecular complexity index is 535. The average Bonchev–Trinajstić information content (AvgIpc) is 2.77. The smallest absolute Gasteiger partial charge is 0.227 e. The van der Waals surface area contributed by atoms with Crippen molar-refractivity contribution >= 4 is 40.1 Å². The van der Waals surface area contributed by atoms with Crippen LogP contribution in [-0.2, 0) is 9.59 Å². The first-order chi connectivity index (χ1) is 9.51. The van der Waals surface area contributed by atoms with Crippen LogP contribution in [0, 0.1) is 5.92 Å². The molecule has 2 rings (SSSR count). The molecule has 1 aromatic carbocycles. The van der Waals surface area contributed by atoms with Gasteiger partial charge < -0.3 is 9.64 Å². The summed E-state index contributed by atoms with van der Waals surface area (Å²) in [4.78, 5) is 24.8. The third kappa shape index (κ3) is 3.46. The Hall–Kier alpha value is -1.20. The molecule has 0 aromatic heterocycles. The summed E-state index contributed by atoms with van der Waals surface area (Å²) in [6.45, 7) is 2.15. The largest absolute Gasteiger partial charge is 0.495 e. The maximum atomic E-state index is 12.1. The Kier molecular flexibility index (Phi) is 4.94. The molecular formula is C14H16ClNO3S. The summed E-state index contributed by atoms with van der Waals surface area (Å²) in [6, 6.07) is 5.23. The van der Waals surface area contributed by atoms with Crippen LogP contribution < -0.4 is 9.64 Å². The lowest BCUT2D eigenvalue weighted by atomic mass is 10.1. The molecule has 1 heterocycles. The van der Waals surface area contributed by atoms with Gasteiger partial charge in [-0.1, -0.05) is 23.4 Å². The second-order valence-electron chi connectivity index (χ2n) is 4.69. The molecule has 0 saturated carbocycles. The van der Waals surface area contributed by atoms with Crippen LogP contribution in [0.2, 0.25) is 5.02 Å². The highest BCUT2D eigenvalue weighted by Gasteiger charge is 2.32. The van der Waals surface area contributed by atoms with Crippen LogP contribution in [0.3, 0.4) is 0 Å². The zero-order valence-electron chi connectivity index (χ0n) is 11.4. The molecule has 0 bridgehead atoms. The molecular weight excluding hydrogens is 298 g/mol. The highest BCUT2D eigenvalue weighted by atomic mass is 35.5. The minimum absolute atomic E-state index is 0.0553. The van der Waals surface area contributed by atoms with E-state index in [-0.39, 0.29) is 16.9 Å². The van der Waals surface area contributed by atoms with Gasteiger partial charge in [0.2, 0.25) is 5.91 Å². The number of rotatable bonds is 4. The van der Waals surface area contributed by atoms with E-state index in [1.165, 1.54) is 11.8 Å². The molecule has 1 aliphatic heterocycles. The van der Waals surface area contributed by atoms with E-state index in [0.717, 1.165) is 5.69 Å². The number of hydrogen-bond donors (Lipinski definition) is 0. The summed E-state index contributed by atoms with van der Waals surface area (Å²) in [5, 5.41) is 0.654. The van der Waals surface area contributed by atoms with Crippen LogP contribution in [0.15, 0.2) is 18.2 Å². The van der Waals surface area contributed by atoms with Crippen LogP contribution in [0.5, 0.6) is 5.75 Å². The van der Waals surface area contributed by atoms with Gasteiger partial charge in [-0.2, -0.15) is 0 Å². The molecule has 0 radical (unpaired) electrons. The molecule has 1 saturated heterocycles. The Balaban J connectivity index is 2.13. The van der Waals surface area contributed by atoms with Gasteiger partial charge in [-0.3, -0.25) is 9.59 Å². The second kappa shape index (κ2) is 6.50. The number of hydrogen-bond acceptors (Lipinski definition) is 4. The van der Waals surface area contributed by atoms with Gasteiger partial charge in [-0.15, -0.1) is 0 Å². The minimum Gasteiger partial charge on any atom is -0.495 e. The Morgan fingerprint density at radius 1 is 1.55 bits per heavy atom. The maximum Gasteiger partial charge on any atom is 0.227 e. The summed E-state index contributed by atoms with van der Waals surface area (Å²) in [7, 11) is 1.55. The molecule has 0 aliphatic carbocycles. The normalized spacial score (nSPS) is 18.4. The fourth-order valence-corrected chi connectivity index (χ4v) is 3.09. The molecule has 0 spiro atoms. The van der Waals surface area contributed by atoms with E-state index in [2.05, 4.69) is 0 Å². The SMILES string of the molecule is COc1cc(Cl)ccc1N1CC(CSC(C)=O)CC1=O. The molecule has 4 nitrogen and oxygen atoms in total. The van der Waals surface area contributed by atoms with Crippen LogP contribution >= 0.6 is 23.4 Å². The number of carbonyl (C=O) groups is 2. The van der Waals surface area contributed by atoms with Gasteiger partial charge in [0.1, 0.15) is 5.75 Å². The molecule has 1 unspecified atom stereocenters. The molecule has 108 valence electrons. The van der Waals surface area contributed by atoms with Crippen LogP contribution in [0.4, 0.5) is 5.69 Å². The average molecular weight is 314 g/mol. The highest BCUT2D eigenvalue weighted by Crippen LogP contribution is 2.35. The van der Waals surface area contributed by atoms with Crippen molar-refractivity contribution in [3.63, 3.8) is 0 Å². The Morgan fingerprint density at radius 3 is 2.95 bits per heavy atom. The Morgan fingerprint density at radius 2 is 2.30 bits per heavy atom. The van der Waals surface area contributed by atoms with Crippen molar-refractivity contribution < 1.29 is 14.3 Å². The standard InChI is InChI=1S/C14H16ClNO3S/c1-9(17)20-8-10-5-14(18)16(7-10)12-4-3-11(15)6-13(12)19-2/h3-4,6,10H,5,7-8H2,1-2H3. The molecule has 1 aliphatic rings. The number of ether oxygens (including phenoxy) is 1. The zero-order chi connectivity index (χ0) is 14.7. The summed E-state index contributed by atoms with van der Waals surface area (Å²) in [6.07, 6.45) is 0.464. The van der Waals surface area contributed by atoms with E-state index in [9.17, 15) is 9.59 Å². The monoisotopic (exact) mass is 313 g/mol. The number of anilines is 1. The topological polar surface area (TPSA) is 46.6 Å². The van der Waals surface area contributed by atoms with Crippen molar-refractivity contribution in [1.29, 1.82) is 0 Å². The van der Waals surface area contributed by atoms with Crippen LogP contribution in [0.25, 0.3) is 0 Å². The number of methoxy groups -OCH3 is 1. The lowest BCUT2D eigenvalue weighted by Crippen LogP contribution is -2.25. The highest BCUT2D eigenvalue weighted by molar-refractivity contribution is 8.13. The third-order valence-corrected chi connectivity index (χ3v) is 4.44. The summed E-state index contributed by atoms with van der Waals surface area (Å²) in [5.74, 6) is 1.51. The van der Waals surface area contributed by atoms with Gasteiger partial charge in [-0.05, 0) is 18.1 Å². The van der Waals surface area contributed by atoms with Gasteiger partial charge >= 0.3 is 0 Å². The van der Waals surface area contributed by atoms with E-state index in [1.54, 1.807) is 37.1 Å². The van der Waals surface area contributed by atoms with Crippen LogP contribution in [0.1, 0.15) is 13.3 Å². The number of benzene rings is 1. The van der Waals surface area contributed by atoms with Crippen molar-refractivity contribution in [1.82, 2.24) is 0 Å². The number of carbonyl (C=O) groups excluding carboxylic acids is 2. The molecule has 6 heteroatoms. The summed E-state index contributed by atoms with van der Waals surface area (Å²) in [5.41, 5.74) is 0.734. The molecule has 1 fully saturated rings. The fraction of sp³-hybridized carbons (Fsp3) is 0.429. The lowest BCUT2D eigenvalue weighted by molar-refractivity contribution is -0.117. The number of amides is 1. The fourth-order valence-electron chi connectivity index (χ4n) is 2.24. The summed E-state index contributed by atoms with van der Waals surface area (Å²) < 4.78 is 5.28. The van der Waals surface area contributed by atoms with Crippen molar-refractivity contribution in [3.8, 4) is 5.75 Å². The first-order valence-corrected chi connectivity index (χ1v) is 7.65. The van der Waals surface area contributed by atoms with Crippen molar-refractivity contribution in [2.45, 2.75) is 13.3 Å². The van der Waals surface area contributed by atoms with Gasteiger partial charge in [0, 0.05) is 36.7 Å². The number of halogens is 1.